The molecule has 68 valence electrons. The van der Waals surface area contributed by atoms with E-state index >= 15 is 0 Å². The Kier molecular flexibility index (Phi) is 2.43. The Balaban J connectivity index is 2.29. The smallest absolute Gasteiger partial charge is 0.134 e. The van der Waals surface area contributed by atoms with Gasteiger partial charge in [-0.1, -0.05) is 27.5 Å². The zero-order valence-electron chi connectivity index (χ0n) is 6.89. The van der Waals surface area contributed by atoms with Crippen molar-refractivity contribution < 1.29 is 4.79 Å². The highest BCUT2D eigenvalue weighted by Crippen LogP contribution is 2.38. The van der Waals surface area contributed by atoms with Crippen molar-refractivity contribution in [1.82, 2.24) is 0 Å². The van der Waals surface area contributed by atoms with Gasteiger partial charge in [-0.05, 0) is 29.7 Å². The summed E-state index contributed by atoms with van der Waals surface area (Å²) in [5, 5.41) is 0.734. The molecule has 0 unspecified atom stereocenters. The molecule has 0 aromatic heterocycles. The molecule has 0 N–H and O–H groups in total. The third-order valence-corrected chi connectivity index (χ3v) is 3.30. The second-order valence-electron chi connectivity index (χ2n) is 3.31. The van der Waals surface area contributed by atoms with Crippen LogP contribution in [0.15, 0.2) is 22.7 Å². The Labute approximate surface area is 90.2 Å². The van der Waals surface area contributed by atoms with Crippen molar-refractivity contribution in [1.29, 1.82) is 0 Å². The Bertz CT molecular complexity index is 354. The zero-order chi connectivity index (χ0) is 9.42. The van der Waals surface area contributed by atoms with Crippen LogP contribution in [0.1, 0.15) is 24.3 Å². The lowest BCUT2D eigenvalue weighted by Crippen LogP contribution is -2.21. The summed E-state index contributed by atoms with van der Waals surface area (Å²) < 4.78 is 1.05. The lowest BCUT2D eigenvalue weighted by molar-refractivity contribution is -0.124. The fourth-order valence-corrected chi connectivity index (χ4v) is 2.29. The summed E-state index contributed by atoms with van der Waals surface area (Å²) in [7, 11) is 0. The van der Waals surface area contributed by atoms with Gasteiger partial charge in [-0.3, -0.25) is 4.79 Å². The van der Waals surface area contributed by atoms with E-state index in [1.807, 2.05) is 18.2 Å². The molecule has 0 saturated heterocycles. The van der Waals surface area contributed by atoms with E-state index in [1.54, 1.807) is 0 Å². The van der Waals surface area contributed by atoms with Crippen LogP contribution in [0.2, 0.25) is 5.02 Å². The van der Waals surface area contributed by atoms with Crippen molar-refractivity contribution >= 4 is 33.3 Å². The summed E-state index contributed by atoms with van der Waals surface area (Å²) in [4.78, 5) is 10.8. The third kappa shape index (κ3) is 1.79. The van der Waals surface area contributed by atoms with Crippen LogP contribution in [0.3, 0.4) is 0 Å². The van der Waals surface area contributed by atoms with Crippen LogP contribution in [0.25, 0.3) is 0 Å². The van der Waals surface area contributed by atoms with Gasteiger partial charge in [0.15, 0.2) is 0 Å². The van der Waals surface area contributed by atoms with Crippen molar-refractivity contribution in [3.63, 3.8) is 0 Å². The van der Waals surface area contributed by atoms with Crippen LogP contribution in [0.5, 0.6) is 0 Å². The van der Waals surface area contributed by atoms with Gasteiger partial charge in [0.1, 0.15) is 5.78 Å². The molecule has 1 fully saturated rings. The number of halogens is 2. The first-order valence-electron chi connectivity index (χ1n) is 4.13. The van der Waals surface area contributed by atoms with Gasteiger partial charge < -0.3 is 0 Å². The summed E-state index contributed by atoms with van der Waals surface area (Å²) in [5.74, 6) is 0.720. The number of hydrogen-bond acceptors (Lipinski definition) is 1. The molecule has 0 aliphatic heterocycles. The maximum absolute atomic E-state index is 10.8. The van der Waals surface area contributed by atoms with E-state index in [-0.39, 0.29) is 0 Å². The standard InChI is InChI=1S/C10H8BrClO/c11-10-2-1-7(12)5-9(10)6-3-8(13)4-6/h1-2,5-6H,3-4H2. The minimum absolute atomic E-state index is 0.344. The number of Topliss-reactive ketones (excluding diaryl/α,β-unsaturated/α-hetero) is 1. The molecule has 0 radical (unpaired) electrons. The number of rotatable bonds is 1. The van der Waals surface area contributed by atoms with Crippen LogP contribution in [-0.2, 0) is 4.79 Å². The number of hydrogen-bond donors (Lipinski definition) is 0. The third-order valence-electron chi connectivity index (χ3n) is 2.35. The second kappa shape index (κ2) is 3.43. The summed E-state index contributed by atoms with van der Waals surface area (Å²) in [6, 6.07) is 5.71. The van der Waals surface area contributed by atoms with E-state index in [0.717, 1.165) is 15.1 Å². The maximum Gasteiger partial charge on any atom is 0.134 e. The quantitative estimate of drug-likeness (QED) is 0.754. The highest BCUT2D eigenvalue weighted by molar-refractivity contribution is 9.10. The van der Waals surface area contributed by atoms with Gasteiger partial charge in [0.25, 0.3) is 0 Å². The highest BCUT2D eigenvalue weighted by Gasteiger charge is 2.29. The van der Waals surface area contributed by atoms with Gasteiger partial charge in [-0.25, -0.2) is 0 Å². The minimum Gasteiger partial charge on any atom is -0.300 e. The number of carbonyl (C=O) groups excluding carboxylic acids is 1. The predicted octanol–water partition coefficient (Wildman–Crippen LogP) is 3.55. The number of ketones is 1. The van der Waals surface area contributed by atoms with Crippen molar-refractivity contribution in [3.8, 4) is 0 Å². The molecule has 3 heteroatoms. The number of benzene rings is 1. The zero-order valence-corrected chi connectivity index (χ0v) is 9.23. The Morgan fingerprint density at radius 2 is 2.08 bits per heavy atom. The number of carbonyl (C=O) groups is 1. The van der Waals surface area contributed by atoms with E-state index < -0.39 is 0 Å². The Hall–Kier alpha value is -0.340. The molecule has 0 amide bonds. The van der Waals surface area contributed by atoms with E-state index in [1.165, 1.54) is 0 Å². The first kappa shape index (κ1) is 9.22. The SMILES string of the molecule is O=C1CC(c2cc(Cl)ccc2Br)C1. The Morgan fingerprint density at radius 1 is 1.38 bits per heavy atom. The van der Waals surface area contributed by atoms with E-state index in [9.17, 15) is 4.79 Å². The lowest BCUT2D eigenvalue weighted by atomic mass is 9.79. The van der Waals surface area contributed by atoms with Crippen LogP contribution < -0.4 is 0 Å². The molecule has 0 spiro atoms. The van der Waals surface area contributed by atoms with E-state index in [0.29, 0.717) is 24.5 Å². The van der Waals surface area contributed by atoms with Gasteiger partial charge in [-0.15, -0.1) is 0 Å². The van der Waals surface area contributed by atoms with Crippen LogP contribution in [0.4, 0.5) is 0 Å². The maximum atomic E-state index is 10.8. The fourth-order valence-electron chi connectivity index (χ4n) is 1.54. The van der Waals surface area contributed by atoms with Gasteiger partial charge in [0.2, 0.25) is 0 Å². The molecule has 2 rings (SSSR count). The molecular formula is C10H8BrClO. The van der Waals surface area contributed by atoms with Gasteiger partial charge in [0, 0.05) is 22.3 Å². The van der Waals surface area contributed by atoms with E-state index in [4.69, 9.17) is 11.6 Å². The summed E-state index contributed by atoms with van der Waals surface area (Å²) in [5.41, 5.74) is 1.16. The average Bonchev–Trinajstić information content (AvgIpc) is 2.04. The molecule has 1 aliphatic rings. The molecule has 0 atom stereocenters. The van der Waals surface area contributed by atoms with Crippen molar-refractivity contribution in [3.05, 3.63) is 33.3 Å². The van der Waals surface area contributed by atoms with E-state index in [2.05, 4.69) is 15.9 Å². The van der Waals surface area contributed by atoms with Crippen LogP contribution in [0, 0.1) is 0 Å². The van der Waals surface area contributed by atoms with Gasteiger partial charge >= 0.3 is 0 Å². The van der Waals surface area contributed by atoms with Crippen molar-refractivity contribution in [2.45, 2.75) is 18.8 Å². The molecule has 1 aromatic rings. The summed E-state index contributed by atoms with van der Waals surface area (Å²) >= 11 is 9.33. The van der Waals surface area contributed by atoms with Gasteiger partial charge in [-0.2, -0.15) is 0 Å². The Morgan fingerprint density at radius 3 is 2.69 bits per heavy atom. The molecule has 13 heavy (non-hydrogen) atoms. The van der Waals surface area contributed by atoms with Crippen molar-refractivity contribution in [2.75, 3.05) is 0 Å². The average molecular weight is 260 g/mol. The van der Waals surface area contributed by atoms with Crippen LogP contribution >= 0.6 is 27.5 Å². The summed E-state index contributed by atoms with van der Waals surface area (Å²) in [6.07, 6.45) is 1.33. The molecule has 1 saturated carbocycles. The molecule has 0 heterocycles. The minimum atomic E-state index is 0.344. The predicted molar refractivity (Wildman–Crippen MR) is 56.1 cm³/mol. The molecular weight excluding hydrogens is 251 g/mol. The normalized spacial score (nSPS) is 17.2. The largest absolute Gasteiger partial charge is 0.300 e. The molecule has 1 aromatic carbocycles. The molecule has 0 bridgehead atoms. The topological polar surface area (TPSA) is 17.1 Å². The van der Waals surface area contributed by atoms with Crippen molar-refractivity contribution in [2.24, 2.45) is 0 Å². The summed E-state index contributed by atoms with van der Waals surface area (Å²) in [6.45, 7) is 0. The second-order valence-corrected chi connectivity index (χ2v) is 4.60. The monoisotopic (exact) mass is 258 g/mol. The van der Waals surface area contributed by atoms with Gasteiger partial charge in [0.05, 0.1) is 0 Å². The lowest BCUT2D eigenvalue weighted by Gasteiger charge is -2.25. The molecule has 1 nitrogen and oxygen atoms in total. The first-order valence-corrected chi connectivity index (χ1v) is 5.30. The first-order chi connectivity index (χ1) is 6.16. The molecule has 1 aliphatic carbocycles. The fraction of sp³-hybridized carbons (Fsp3) is 0.300. The van der Waals surface area contributed by atoms with Crippen LogP contribution in [-0.4, -0.2) is 5.78 Å². The highest BCUT2D eigenvalue weighted by atomic mass is 79.9.